The van der Waals surface area contributed by atoms with E-state index in [2.05, 4.69) is 15.9 Å². The fraction of sp³-hybridized carbons (Fsp3) is 0.435. The zero-order chi connectivity index (χ0) is 22.2. The van der Waals surface area contributed by atoms with E-state index < -0.39 is 0 Å². The van der Waals surface area contributed by atoms with Gasteiger partial charge in [0.15, 0.2) is 5.78 Å². The van der Waals surface area contributed by atoms with Crippen LogP contribution in [0.2, 0.25) is 0 Å². The molecule has 1 aromatic carbocycles. The normalized spacial score (nSPS) is 16.7. The maximum absolute atomic E-state index is 13.0. The molecule has 2 aliphatic heterocycles. The van der Waals surface area contributed by atoms with E-state index in [0.717, 1.165) is 50.6 Å². The van der Waals surface area contributed by atoms with Crippen LogP contribution < -0.4 is 20.9 Å². The number of Topliss-reactive ketones (excluding diaryl/α,β-unsaturated/α-hetero) is 1. The Balaban J connectivity index is 1.24. The molecule has 0 spiro atoms. The third-order valence-corrected chi connectivity index (χ3v) is 7.45. The second-order valence-corrected chi connectivity index (χ2v) is 9.13. The van der Waals surface area contributed by atoms with E-state index in [-0.39, 0.29) is 17.0 Å². The molecule has 0 amide bonds. The second kappa shape index (κ2) is 8.55. The predicted molar refractivity (Wildman–Crippen MR) is 126 cm³/mol. The predicted octanol–water partition coefficient (Wildman–Crippen LogP) is 2.03. The van der Waals surface area contributed by atoms with Gasteiger partial charge in [-0.3, -0.25) is 23.6 Å². The fourth-order valence-corrected chi connectivity index (χ4v) is 5.74. The topological polar surface area (TPSA) is 76.8 Å². The Kier molecular flexibility index (Phi) is 5.60. The van der Waals surface area contributed by atoms with Crippen molar-refractivity contribution < 1.29 is 9.53 Å². The summed E-state index contributed by atoms with van der Waals surface area (Å²) in [5, 5.41) is 2.21. The molecule has 3 aromatic rings. The van der Waals surface area contributed by atoms with Crippen LogP contribution in [0.25, 0.3) is 10.9 Å². The number of ether oxygens (including phenoxy) is 1. The van der Waals surface area contributed by atoms with Crippen molar-refractivity contribution in [2.24, 2.45) is 0 Å². The fourth-order valence-electron chi connectivity index (χ4n) is 4.73. The average molecular weight is 455 g/mol. The second-order valence-electron chi connectivity index (χ2n) is 8.25. The number of aryl methyl sites for hydroxylation is 1. The van der Waals surface area contributed by atoms with Crippen LogP contribution >= 0.6 is 11.3 Å². The molecule has 0 bridgehead atoms. The van der Waals surface area contributed by atoms with Crippen molar-refractivity contribution in [2.75, 3.05) is 44.7 Å². The number of benzene rings is 1. The van der Waals surface area contributed by atoms with Gasteiger partial charge in [0.05, 0.1) is 28.6 Å². The van der Waals surface area contributed by atoms with Crippen LogP contribution in [-0.2, 0) is 13.1 Å². The molecule has 8 nitrogen and oxygen atoms in total. The van der Waals surface area contributed by atoms with Gasteiger partial charge in [-0.15, -0.1) is 11.3 Å². The summed E-state index contributed by atoms with van der Waals surface area (Å²) in [5.41, 5.74) is 1.07. The highest BCUT2D eigenvalue weighted by molar-refractivity contribution is 7.13. The summed E-state index contributed by atoms with van der Waals surface area (Å²) in [7, 11) is 1.69. The molecule has 0 aliphatic carbocycles. The molecule has 168 valence electrons. The van der Waals surface area contributed by atoms with Crippen molar-refractivity contribution in [1.29, 1.82) is 0 Å². The highest BCUT2D eigenvalue weighted by Gasteiger charge is 2.26. The number of methoxy groups -OCH3 is 1. The Hall–Kier alpha value is -2.91. The summed E-state index contributed by atoms with van der Waals surface area (Å²) in [5.74, 6) is 0.909. The third kappa shape index (κ3) is 3.55. The van der Waals surface area contributed by atoms with Gasteiger partial charge >= 0.3 is 5.69 Å². The number of thiophene rings is 1. The van der Waals surface area contributed by atoms with Crippen molar-refractivity contribution in [1.82, 2.24) is 14.0 Å². The standard InChI is InChI=1S/C23H26N4O4S/c1-31-19-6-3-2-5-17(19)25-13-11-24(12-14-25)8-4-9-27-22(29)16-15-32-21-18(28)7-10-26(20(16)21)23(27)30/h2-3,5-6,15H,4,7-14H2,1H3. The maximum atomic E-state index is 13.0. The zero-order valence-electron chi connectivity index (χ0n) is 18.1. The van der Waals surface area contributed by atoms with Crippen LogP contribution in [0.15, 0.2) is 39.2 Å². The number of nitrogens with zero attached hydrogens (tertiary/aromatic N) is 4. The maximum Gasteiger partial charge on any atom is 0.331 e. The lowest BCUT2D eigenvalue weighted by molar-refractivity contribution is 0.0976. The molecule has 32 heavy (non-hydrogen) atoms. The van der Waals surface area contributed by atoms with Gasteiger partial charge < -0.3 is 9.64 Å². The van der Waals surface area contributed by atoms with Crippen LogP contribution in [-0.4, -0.2) is 59.7 Å². The Morgan fingerprint density at radius 1 is 1.00 bits per heavy atom. The number of rotatable bonds is 6. The number of para-hydroxylation sites is 2. The number of ketones is 1. The summed E-state index contributed by atoms with van der Waals surface area (Å²) in [4.78, 5) is 43.2. The molecule has 2 aliphatic rings. The number of hydrogen-bond acceptors (Lipinski definition) is 7. The van der Waals surface area contributed by atoms with E-state index in [1.54, 1.807) is 17.1 Å². The molecule has 0 saturated carbocycles. The molecule has 0 unspecified atom stereocenters. The number of piperazine rings is 1. The highest BCUT2D eigenvalue weighted by atomic mass is 32.1. The van der Waals surface area contributed by atoms with E-state index in [0.29, 0.717) is 35.3 Å². The van der Waals surface area contributed by atoms with Crippen LogP contribution in [0.3, 0.4) is 0 Å². The van der Waals surface area contributed by atoms with Crippen molar-refractivity contribution >= 4 is 33.7 Å². The van der Waals surface area contributed by atoms with E-state index in [9.17, 15) is 14.4 Å². The van der Waals surface area contributed by atoms with Gasteiger partial charge in [0.1, 0.15) is 5.75 Å². The zero-order valence-corrected chi connectivity index (χ0v) is 18.9. The molecular formula is C23H26N4O4S. The van der Waals surface area contributed by atoms with Crippen molar-refractivity contribution in [3.63, 3.8) is 0 Å². The Bertz CT molecular complexity index is 1280. The first-order chi connectivity index (χ1) is 15.6. The number of aromatic nitrogens is 2. The first kappa shape index (κ1) is 21.0. The minimum atomic E-state index is -0.296. The van der Waals surface area contributed by atoms with Gasteiger partial charge in [-0.25, -0.2) is 4.79 Å². The first-order valence-corrected chi connectivity index (χ1v) is 11.8. The Morgan fingerprint density at radius 3 is 2.56 bits per heavy atom. The summed E-state index contributed by atoms with van der Waals surface area (Å²) < 4.78 is 8.44. The monoisotopic (exact) mass is 454 g/mol. The SMILES string of the molecule is COc1ccccc1N1CCN(CCCn2c(=O)c3csc4c3n(c2=O)CCC4=O)CC1. The number of hydrogen-bond donors (Lipinski definition) is 0. The largest absolute Gasteiger partial charge is 0.495 e. The number of anilines is 1. The van der Waals surface area contributed by atoms with E-state index in [1.165, 1.54) is 15.9 Å². The van der Waals surface area contributed by atoms with Gasteiger partial charge in [0.2, 0.25) is 0 Å². The minimum Gasteiger partial charge on any atom is -0.495 e. The molecule has 1 fully saturated rings. The van der Waals surface area contributed by atoms with Gasteiger partial charge in [-0.1, -0.05) is 12.1 Å². The Morgan fingerprint density at radius 2 is 1.78 bits per heavy atom. The summed E-state index contributed by atoms with van der Waals surface area (Å²) in [6.45, 7) is 5.23. The van der Waals surface area contributed by atoms with Crippen molar-refractivity contribution in [3.8, 4) is 5.75 Å². The summed E-state index contributed by atoms with van der Waals surface area (Å²) >= 11 is 1.27. The van der Waals surface area contributed by atoms with Crippen LogP contribution in [0, 0.1) is 0 Å². The Labute approximate surface area is 189 Å². The third-order valence-electron chi connectivity index (χ3n) is 6.44. The molecule has 0 N–H and O–H groups in total. The molecule has 4 heterocycles. The molecular weight excluding hydrogens is 428 g/mol. The van der Waals surface area contributed by atoms with Crippen LogP contribution in [0.5, 0.6) is 5.75 Å². The molecule has 9 heteroatoms. The van der Waals surface area contributed by atoms with Gasteiger partial charge in [-0.05, 0) is 25.1 Å². The molecule has 1 saturated heterocycles. The van der Waals surface area contributed by atoms with E-state index in [1.807, 2.05) is 18.2 Å². The molecule has 0 radical (unpaired) electrons. The lowest BCUT2D eigenvalue weighted by Gasteiger charge is -2.36. The first-order valence-electron chi connectivity index (χ1n) is 11.0. The molecule has 5 rings (SSSR count). The van der Waals surface area contributed by atoms with Gasteiger partial charge in [-0.2, -0.15) is 0 Å². The van der Waals surface area contributed by atoms with E-state index in [4.69, 9.17) is 4.74 Å². The van der Waals surface area contributed by atoms with Crippen LogP contribution in [0.4, 0.5) is 5.69 Å². The smallest absolute Gasteiger partial charge is 0.331 e. The van der Waals surface area contributed by atoms with Crippen molar-refractivity contribution in [2.45, 2.75) is 25.9 Å². The molecule has 2 aromatic heterocycles. The minimum absolute atomic E-state index is 0.0221. The number of carbonyl (C=O) groups is 1. The quantitative estimate of drug-likeness (QED) is 0.567. The van der Waals surface area contributed by atoms with Gasteiger partial charge in [0, 0.05) is 51.1 Å². The lowest BCUT2D eigenvalue weighted by Crippen LogP contribution is -2.47. The number of carbonyl (C=O) groups excluding carboxylic acids is 1. The van der Waals surface area contributed by atoms with E-state index >= 15 is 0 Å². The average Bonchev–Trinajstić information content (AvgIpc) is 3.28. The lowest BCUT2D eigenvalue weighted by atomic mass is 10.1. The van der Waals surface area contributed by atoms with Gasteiger partial charge in [0.25, 0.3) is 5.56 Å². The molecule has 0 atom stereocenters. The van der Waals surface area contributed by atoms with Crippen molar-refractivity contribution in [3.05, 3.63) is 55.4 Å². The highest BCUT2D eigenvalue weighted by Crippen LogP contribution is 2.29. The summed E-state index contributed by atoms with van der Waals surface area (Å²) in [6, 6.07) is 8.06. The summed E-state index contributed by atoms with van der Waals surface area (Å²) in [6.07, 6.45) is 1.04. The van der Waals surface area contributed by atoms with Crippen LogP contribution in [0.1, 0.15) is 22.5 Å².